The molecule has 178 valence electrons. The van der Waals surface area contributed by atoms with E-state index in [9.17, 15) is 4.79 Å². The number of rotatable bonds is 7. The van der Waals surface area contributed by atoms with Crippen LogP contribution in [0.15, 0.2) is 36.5 Å². The Morgan fingerprint density at radius 2 is 1.91 bits per heavy atom. The Kier molecular flexibility index (Phi) is 7.86. The Labute approximate surface area is 198 Å². The first-order chi connectivity index (χ1) is 16.0. The fourth-order valence-electron chi connectivity index (χ4n) is 5.22. The summed E-state index contributed by atoms with van der Waals surface area (Å²) in [5, 5.41) is 0. The van der Waals surface area contributed by atoms with Gasteiger partial charge in [-0.05, 0) is 80.5 Å². The average molecular weight is 451 g/mol. The standard InChI is InChI=1S/C27H38N4O2/c1-21-18-25(33-3)22(2)17-24(21)20-29-12-6-7-23(19-29)9-10-27(32)31-15-13-30(14-16-31)26-8-4-5-11-28-26/h4-5,8,11,17-18,23H,6-7,9-10,12-16,19-20H2,1-3H3/t23-/m1/s1. The zero-order valence-electron chi connectivity index (χ0n) is 20.4. The number of anilines is 1. The molecule has 6 nitrogen and oxygen atoms in total. The first kappa shape index (κ1) is 23.6. The molecule has 2 fully saturated rings. The van der Waals surface area contributed by atoms with Crippen LogP contribution in [0.1, 0.15) is 42.4 Å². The lowest BCUT2D eigenvalue weighted by molar-refractivity contribution is -0.131. The Hall–Kier alpha value is -2.60. The third-order valence-corrected chi connectivity index (χ3v) is 7.22. The summed E-state index contributed by atoms with van der Waals surface area (Å²) in [6, 6.07) is 10.4. The van der Waals surface area contributed by atoms with Crippen molar-refractivity contribution in [3.8, 4) is 5.75 Å². The van der Waals surface area contributed by atoms with Crippen molar-refractivity contribution in [3.05, 3.63) is 53.2 Å². The van der Waals surface area contributed by atoms with Crippen LogP contribution in [0.2, 0.25) is 0 Å². The molecule has 1 aromatic carbocycles. The van der Waals surface area contributed by atoms with Crippen molar-refractivity contribution in [2.24, 2.45) is 5.92 Å². The summed E-state index contributed by atoms with van der Waals surface area (Å²) >= 11 is 0. The second-order valence-electron chi connectivity index (χ2n) is 9.59. The number of amides is 1. The van der Waals surface area contributed by atoms with E-state index in [0.29, 0.717) is 18.2 Å². The number of benzene rings is 1. The molecule has 0 saturated carbocycles. The van der Waals surface area contributed by atoms with E-state index < -0.39 is 0 Å². The van der Waals surface area contributed by atoms with E-state index >= 15 is 0 Å². The fourth-order valence-corrected chi connectivity index (χ4v) is 5.22. The van der Waals surface area contributed by atoms with Gasteiger partial charge < -0.3 is 14.5 Å². The normalized spacial score (nSPS) is 19.5. The van der Waals surface area contributed by atoms with Crippen LogP contribution in [0.3, 0.4) is 0 Å². The van der Waals surface area contributed by atoms with Crippen LogP contribution >= 0.6 is 0 Å². The van der Waals surface area contributed by atoms with Gasteiger partial charge in [-0.15, -0.1) is 0 Å². The number of nitrogens with zero attached hydrogens (tertiary/aromatic N) is 4. The van der Waals surface area contributed by atoms with Crippen molar-refractivity contribution in [2.45, 2.75) is 46.1 Å². The molecular weight excluding hydrogens is 412 g/mol. The highest BCUT2D eigenvalue weighted by molar-refractivity contribution is 5.76. The molecule has 1 atom stereocenters. The first-order valence-electron chi connectivity index (χ1n) is 12.3. The molecule has 0 unspecified atom stereocenters. The van der Waals surface area contributed by atoms with Gasteiger partial charge in [-0.25, -0.2) is 4.98 Å². The number of carbonyl (C=O) groups is 1. The highest BCUT2D eigenvalue weighted by Gasteiger charge is 2.25. The van der Waals surface area contributed by atoms with Crippen molar-refractivity contribution in [1.82, 2.24) is 14.8 Å². The monoisotopic (exact) mass is 450 g/mol. The lowest BCUT2D eigenvalue weighted by Crippen LogP contribution is -2.49. The maximum atomic E-state index is 12.9. The zero-order valence-corrected chi connectivity index (χ0v) is 20.4. The quantitative estimate of drug-likeness (QED) is 0.637. The molecule has 2 saturated heterocycles. The van der Waals surface area contributed by atoms with Crippen LogP contribution in [-0.2, 0) is 11.3 Å². The second kappa shape index (κ2) is 11.0. The summed E-state index contributed by atoms with van der Waals surface area (Å²) < 4.78 is 5.47. The highest BCUT2D eigenvalue weighted by atomic mass is 16.5. The summed E-state index contributed by atoms with van der Waals surface area (Å²) in [6.45, 7) is 10.8. The Morgan fingerprint density at radius 1 is 1.09 bits per heavy atom. The average Bonchev–Trinajstić information content (AvgIpc) is 2.85. The Morgan fingerprint density at radius 3 is 2.64 bits per heavy atom. The number of piperazine rings is 1. The zero-order chi connectivity index (χ0) is 23.2. The number of piperidine rings is 1. The minimum Gasteiger partial charge on any atom is -0.496 e. The van der Waals surface area contributed by atoms with E-state index in [1.807, 2.05) is 29.3 Å². The highest BCUT2D eigenvalue weighted by Crippen LogP contribution is 2.27. The number of hydrogen-bond donors (Lipinski definition) is 0. The molecule has 2 aromatic rings. The van der Waals surface area contributed by atoms with Crippen molar-refractivity contribution in [2.75, 3.05) is 51.3 Å². The molecule has 1 aromatic heterocycles. The van der Waals surface area contributed by atoms with Gasteiger partial charge in [-0.2, -0.15) is 0 Å². The van der Waals surface area contributed by atoms with Crippen LogP contribution in [-0.4, -0.2) is 67.1 Å². The molecule has 2 aliphatic heterocycles. The third-order valence-electron chi connectivity index (χ3n) is 7.22. The molecule has 33 heavy (non-hydrogen) atoms. The molecule has 6 heteroatoms. The lowest BCUT2D eigenvalue weighted by Gasteiger charge is -2.36. The molecule has 0 aliphatic carbocycles. The largest absolute Gasteiger partial charge is 0.496 e. The van der Waals surface area contributed by atoms with Gasteiger partial charge in [0.2, 0.25) is 5.91 Å². The minimum atomic E-state index is 0.314. The van der Waals surface area contributed by atoms with Gasteiger partial charge in [0.05, 0.1) is 7.11 Å². The minimum absolute atomic E-state index is 0.314. The van der Waals surface area contributed by atoms with Gasteiger partial charge in [-0.1, -0.05) is 12.1 Å². The predicted octanol–water partition coefficient (Wildman–Crippen LogP) is 4.05. The molecule has 4 rings (SSSR count). The lowest BCUT2D eigenvalue weighted by atomic mass is 9.92. The molecule has 3 heterocycles. The molecular formula is C27H38N4O2. The summed E-state index contributed by atoms with van der Waals surface area (Å²) in [6.07, 6.45) is 5.95. The van der Waals surface area contributed by atoms with E-state index in [4.69, 9.17) is 4.74 Å². The molecule has 0 N–H and O–H groups in total. The van der Waals surface area contributed by atoms with Crippen molar-refractivity contribution >= 4 is 11.7 Å². The Balaban J connectivity index is 1.23. The summed E-state index contributed by atoms with van der Waals surface area (Å²) in [5.74, 6) is 2.90. The van der Waals surface area contributed by atoms with E-state index in [2.05, 4.69) is 40.8 Å². The smallest absolute Gasteiger partial charge is 0.222 e. The van der Waals surface area contributed by atoms with Gasteiger partial charge in [0.15, 0.2) is 0 Å². The van der Waals surface area contributed by atoms with Crippen LogP contribution in [0.25, 0.3) is 0 Å². The summed E-state index contributed by atoms with van der Waals surface area (Å²) in [4.78, 5) is 24.2. The predicted molar refractivity (Wildman–Crippen MR) is 133 cm³/mol. The van der Waals surface area contributed by atoms with Crippen molar-refractivity contribution in [1.29, 1.82) is 0 Å². The van der Waals surface area contributed by atoms with Crippen LogP contribution < -0.4 is 9.64 Å². The van der Waals surface area contributed by atoms with Crippen LogP contribution in [0.4, 0.5) is 5.82 Å². The molecule has 1 amide bonds. The Bertz CT molecular complexity index is 925. The van der Waals surface area contributed by atoms with Gasteiger partial charge in [0.1, 0.15) is 11.6 Å². The number of pyridine rings is 1. The topological polar surface area (TPSA) is 48.9 Å². The van der Waals surface area contributed by atoms with E-state index in [1.165, 1.54) is 29.5 Å². The fraction of sp³-hybridized carbons (Fsp3) is 0.556. The summed E-state index contributed by atoms with van der Waals surface area (Å²) in [7, 11) is 1.73. The molecule has 2 aliphatic rings. The van der Waals surface area contributed by atoms with Crippen LogP contribution in [0.5, 0.6) is 5.75 Å². The maximum Gasteiger partial charge on any atom is 0.222 e. The number of carbonyl (C=O) groups excluding carboxylic acids is 1. The second-order valence-corrected chi connectivity index (χ2v) is 9.59. The van der Waals surface area contributed by atoms with Gasteiger partial charge >= 0.3 is 0 Å². The number of aromatic nitrogens is 1. The van der Waals surface area contributed by atoms with E-state index in [0.717, 1.165) is 63.8 Å². The number of aryl methyl sites for hydroxylation is 2. The van der Waals surface area contributed by atoms with E-state index in [-0.39, 0.29) is 0 Å². The van der Waals surface area contributed by atoms with Gasteiger partial charge in [0.25, 0.3) is 0 Å². The molecule has 0 bridgehead atoms. The van der Waals surface area contributed by atoms with E-state index in [1.54, 1.807) is 7.11 Å². The number of methoxy groups -OCH3 is 1. The van der Waals surface area contributed by atoms with Gasteiger partial charge in [0, 0.05) is 51.9 Å². The number of likely N-dealkylation sites (tertiary alicyclic amines) is 1. The summed E-state index contributed by atoms with van der Waals surface area (Å²) in [5.41, 5.74) is 3.87. The van der Waals surface area contributed by atoms with Crippen LogP contribution in [0, 0.1) is 19.8 Å². The van der Waals surface area contributed by atoms with Crippen molar-refractivity contribution in [3.63, 3.8) is 0 Å². The third kappa shape index (κ3) is 6.05. The SMILES string of the molecule is COc1cc(C)c(CN2CCC[C@H](CCC(=O)N3CCN(c4ccccn4)CC3)C2)cc1C. The maximum absolute atomic E-state index is 12.9. The molecule has 0 radical (unpaired) electrons. The molecule has 0 spiro atoms. The number of ether oxygens (including phenoxy) is 1. The first-order valence-corrected chi connectivity index (χ1v) is 12.3. The number of hydrogen-bond acceptors (Lipinski definition) is 5. The van der Waals surface area contributed by atoms with Crippen molar-refractivity contribution < 1.29 is 9.53 Å². The van der Waals surface area contributed by atoms with Gasteiger partial charge in [-0.3, -0.25) is 9.69 Å².